The van der Waals surface area contributed by atoms with Crippen molar-refractivity contribution >= 4 is 23.3 Å². The van der Waals surface area contributed by atoms with Gasteiger partial charge in [-0.15, -0.1) is 11.3 Å². The smallest absolute Gasteiger partial charge is 0.161 e. The molecule has 0 saturated heterocycles. The standard InChI is InChI=1S/C15H18N2OS/c1-4-17(13-7-5-6-11(2)8-13)9-15-16-12(3)14(10-18)19-15/h5-8,10H,4,9H2,1-3H3. The van der Waals surface area contributed by atoms with Crippen molar-refractivity contribution in [2.45, 2.75) is 27.3 Å². The molecule has 19 heavy (non-hydrogen) atoms. The molecule has 0 spiro atoms. The van der Waals surface area contributed by atoms with E-state index in [1.165, 1.54) is 22.6 Å². The Morgan fingerprint density at radius 3 is 2.74 bits per heavy atom. The molecule has 0 radical (unpaired) electrons. The number of nitrogens with zero attached hydrogens (tertiary/aromatic N) is 2. The predicted molar refractivity (Wildman–Crippen MR) is 80.1 cm³/mol. The summed E-state index contributed by atoms with van der Waals surface area (Å²) < 4.78 is 0. The number of thiazole rings is 1. The van der Waals surface area contributed by atoms with Crippen LogP contribution < -0.4 is 4.90 Å². The maximum atomic E-state index is 10.9. The number of carbonyl (C=O) groups excluding carboxylic acids is 1. The van der Waals surface area contributed by atoms with Crippen molar-refractivity contribution in [3.8, 4) is 0 Å². The van der Waals surface area contributed by atoms with Crippen molar-refractivity contribution in [2.75, 3.05) is 11.4 Å². The first-order valence-electron chi connectivity index (χ1n) is 6.37. The zero-order valence-corrected chi connectivity index (χ0v) is 12.3. The first-order valence-corrected chi connectivity index (χ1v) is 7.18. The minimum absolute atomic E-state index is 0.732. The number of rotatable bonds is 5. The molecule has 0 bridgehead atoms. The molecule has 1 aromatic carbocycles. The molecule has 0 N–H and O–H groups in total. The summed E-state index contributed by atoms with van der Waals surface area (Å²) >= 11 is 1.48. The lowest BCUT2D eigenvalue weighted by Gasteiger charge is -2.22. The number of carbonyl (C=O) groups is 1. The number of hydrogen-bond acceptors (Lipinski definition) is 4. The summed E-state index contributed by atoms with van der Waals surface area (Å²) in [6.07, 6.45) is 0.888. The number of benzene rings is 1. The lowest BCUT2D eigenvalue weighted by atomic mass is 10.2. The van der Waals surface area contributed by atoms with E-state index in [0.29, 0.717) is 0 Å². The molecule has 4 heteroatoms. The number of hydrogen-bond donors (Lipinski definition) is 0. The molecule has 0 atom stereocenters. The van der Waals surface area contributed by atoms with Crippen LogP contribution in [0, 0.1) is 13.8 Å². The quantitative estimate of drug-likeness (QED) is 0.781. The number of aromatic nitrogens is 1. The van der Waals surface area contributed by atoms with Gasteiger partial charge < -0.3 is 4.90 Å². The molecule has 0 aliphatic heterocycles. The molecule has 0 fully saturated rings. The van der Waals surface area contributed by atoms with Gasteiger partial charge in [0.1, 0.15) is 5.01 Å². The van der Waals surface area contributed by atoms with E-state index in [4.69, 9.17) is 0 Å². The van der Waals surface area contributed by atoms with Gasteiger partial charge in [0, 0.05) is 12.2 Å². The number of aldehydes is 1. The van der Waals surface area contributed by atoms with Crippen LogP contribution in [0.15, 0.2) is 24.3 Å². The predicted octanol–water partition coefficient (Wildman–Crippen LogP) is 3.60. The fourth-order valence-electron chi connectivity index (χ4n) is 2.02. The minimum atomic E-state index is 0.732. The van der Waals surface area contributed by atoms with E-state index in [1.807, 2.05) is 6.92 Å². The first kappa shape index (κ1) is 13.7. The molecule has 1 aromatic heterocycles. The summed E-state index contributed by atoms with van der Waals surface area (Å²) in [5, 5.41) is 0.989. The third-order valence-electron chi connectivity index (χ3n) is 3.06. The summed E-state index contributed by atoms with van der Waals surface area (Å²) in [4.78, 5) is 18.3. The molecule has 0 aliphatic rings. The molecule has 2 rings (SSSR count). The second-order valence-electron chi connectivity index (χ2n) is 4.53. The van der Waals surface area contributed by atoms with Crippen LogP contribution in [0.1, 0.15) is 32.9 Å². The molecule has 2 aromatic rings. The summed E-state index contributed by atoms with van der Waals surface area (Å²) in [7, 11) is 0. The van der Waals surface area contributed by atoms with Crippen molar-refractivity contribution in [3.63, 3.8) is 0 Å². The lowest BCUT2D eigenvalue weighted by Crippen LogP contribution is -2.21. The van der Waals surface area contributed by atoms with Crippen molar-refractivity contribution < 1.29 is 4.79 Å². The van der Waals surface area contributed by atoms with Crippen molar-refractivity contribution in [1.29, 1.82) is 0 Å². The molecule has 0 amide bonds. The fourth-order valence-corrected chi connectivity index (χ4v) is 2.91. The summed E-state index contributed by atoms with van der Waals surface area (Å²) in [6.45, 7) is 7.77. The first-order chi connectivity index (χ1) is 9.13. The summed E-state index contributed by atoms with van der Waals surface area (Å²) in [5.41, 5.74) is 3.28. The van der Waals surface area contributed by atoms with Gasteiger partial charge in [0.25, 0.3) is 0 Å². The van der Waals surface area contributed by atoms with Crippen LogP contribution >= 0.6 is 11.3 Å². The molecule has 0 aliphatic carbocycles. The summed E-state index contributed by atoms with van der Waals surface area (Å²) in [6, 6.07) is 8.44. The van der Waals surface area contributed by atoms with E-state index in [2.05, 4.69) is 48.0 Å². The Labute approximate surface area is 117 Å². The molecule has 0 saturated carbocycles. The second-order valence-corrected chi connectivity index (χ2v) is 5.64. The molecule has 100 valence electrons. The highest BCUT2D eigenvalue weighted by atomic mass is 32.1. The third-order valence-corrected chi connectivity index (χ3v) is 4.13. The fraction of sp³-hybridized carbons (Fsp3) is 0.333. The van der Waals surface area contributed by atoms with Gasteiger partial charge in [0.2, 0.25) is 0 Å². The van der Waals surface area contributed by atoms with Gasteiger partial charge in [-0.3, -0.25) is 4.79 Å². The number of aryl methyl sites for hydroxylation is 2. The van der Waals surface area contributed by atoms with Crippen LogP contribution in [0.2, 0.25) is 0 Å². The highest BCUT2D eigenvalue weighted by Gasteiger charge is 2.11. The van der Waals surface area contributed by atoms with Crippen molar-refractivity contribution in [2.24, 2.45) is 0 Å². The van der Waals surface area contributed by atoms with Gasteiger partial charge in [-0.1, -0.05) is 12.1 Å². The molecule has 3 nitrogen and oxygen atoms in total. The normalized spacial score (nSPS) is 10.5. The average molecular weight is 274 g/mol. The Hall–Kier alpha value is -1.68. The molecule has 1 heterocycles. The van der Waals surface area contributed by atoms with Gasteiger partial charge in [-0.2, -0.15) is 0 Å². The van der Waals surface area contributed by atoms with Gasteiger partial charge in [-0.25, -0.2) is 4.98 Å². The Balaban J connectivity index is 2.21. The molecule has 0 unspecified atom stereocenters. The van der Waals surface area contributed by atoms with Crippen LogP contribution in [0.4, 0.5) is 5.69 Å². The zero-order chi connectivity index (χ0) is 13.8. The van der Waals surface area contributed by atoms with Crippen LogP contribution in [0.3, 0.4) is 0 Å². The Morgan fingerprint density at radius 2 is 2.16 bits per heavy atom. The van der Waals surface area contributed by atoms with Crippen LogP contribution in [0.25, 0.3) is 0 Å². The highest BCUT2D eigenvalue weighted by Crippen LogP contribution is 2.22. The maximum absolute atomic E-state index is 10.9. The Bertz CT molecular complexity index is 577. The van der Waals surface area contributed by atoms with E-state index >= 15 is 0 Å². The minimum Gasteiger partial charge on any atom is -0.365 e. The monoisotopic (exact) mass is 274 g/mol. The Morgan fingerprint density at radius 1 is 1.37 bits per heavy atom. The van der Waals surface area contributed by atoms with E-state index in [0.717, 1.165) is 35.0 Å². The average Bonchev–Trinajstić information content (AvgIpc) is 2.76. The zero-order valence-electron chi connectivity index (χ0n) is 11.5. The van der Waals surface area contributed by atoms with Gasteiger partial charge >= 0.3 is 0 Å². The largest absolute Gasteiger partial charge is 0.365 e. The maximum Gasteiger partial charge on any atom is 0.161 e. The third kappa shape index (κ3) is 3.20. The number of anilines is 1. The van der Waals surface area contributed by atoms with Crippen molar-refractivity contribution in [1.82, 2.24) is 4.98 Å². The van der Waals surface area contributed by atoms with Crippen LogP contribution in [-0.2, 0) is 6.54 Å². The van der Waals surface area contributed by atoms with Gasteiger partial charge in [0.15, 0.2) is 6.29 Å². The van der Waals surface area contributed by atoms with Crippen LogP contribution in [0.5, 0.6) is 0 Å². The highest BCUT2D eigenvalue weighted by molar-refractivity contribution is 7.13. The lowest BCUT2D eigenvalue weighted by molar-refractivity contribution is 0.112. The molecular weight excluding hydrogens is 256 g/mol. The van der Waals surface area contributed by atoms with E-state index in [9.17, 15) is 4.79 Å². The SMILES string of the molecule is CCN(Cc1nc(C)c(C=O)s1)c1cccc(C)c1. The van der Waals surface area contributed by atoms with Gasteiger partial charge in [0.05, 0.1) is 17.1 Å². The van der Waals surface area contributed by atoms with E-state index < -0.39 is 0 Å². The van der Waals surface area contributed by atoms with Crippen molar-refractivity contribution in [3.05, 3.63) is 45.4 Å². The second kappa shape index (κ2) is 5.97. The van der Waals surface area contributed by atoms with E-state index in [-0.39, 0.29) is 0 Å². The van der Waals surface area contributed by atoms with Crippen LogP contribution in [-0.4, -0.2) is 17.8 Å². The Kier molecular flexibility index (Phi) is 4.32. The summed E-state index contributed by atoms with van der Waals surface area (Å²) in [5.74, 6) is 0. The molecular formula is C15H18N2OS. The van der Waals surface area contributed by atoms with Gasteiger partial charge in [-0.05, 0) is 38.5 Å². The van der Waals surface area contributed by atoms with E-state index in [1.54, 1.807) is 0 Å². The topological polar surface area (TPSA) is 33.2 Å².